The SMILES string of the molecule is CN(c1ccc(CC#N)cc1)S(=O)(=O)c1cccs1. The largest absolute Gasteiger partial charge is 0.273 e. The Morgan fingerprint density at radius 2 is 1.95 bits per heavy atom. The second-order valence-electron chi connectivity index (χ2n) is 3.91. The van der Waals surface area contributed by atoms with E-state index in [0.717, 1.165) is 5.56 Å². The molecule has 2 rings (SSSR count). The van der Waals surface area contributed by atoms with Crippen molar-refractivity contribution in [1.82, 2.24) is 0 Å². The van der Waals surface area contributed by atoms with Crippen LogP contribution in [0.1, 0.15) is 5.56 Å². The first-order chi connectivity index (χ1) is 9.05. The van der Waals surface area contributed by atoms with E-state index in [1.54, 1.807) is 41.8 Å². The Labute approximate surface area is 116 Å². The highest BCUT2D eigenvalue weighted by Gasteiger charge is 2.21. The zero-order chi connectivity index (χ0) is 13.9. The fourth-order valence-electron chi connectivity index (χ4n) is 1.60. The van der Waals surface area contributed by atoms with Crippen LogP contribution in [0.15, 0.2) is 46.0 Å². The van der Waals surface area contributed by atoms with Crippen LogP contribution in [0.5, 0.6) is 0 Å². The van der Waals surface area contributed by atoms with Crippen molar-refractivity contribution in [3.63, 3.8) is 0 Å². The number of nitrogens with zero attached hydrogens (tertiary/aromatic N) is 2. The van der Waals surface area contributed by atoms with Gasteiger partial charge in [0.05, 0.1) is 18.2 Å². The molecule has 0 aliphatic carbocycles. The van der Waals surface area contributed by atoms with Gasteiger partial charge in [-0.05, 0) is 29.1 Å². The molecule has 4 nitrogen and oxygen atoms in total. The Morgan fingerprint density at radius 1 is 1.26 bits per heavy atom. The van der Waals surface area contributed by atoms with Crippen LogP contribution in [0.4, 0.5) is 5.69 Å². The Morgan fingerprint density at radius 3 is 2.47 bits per heavy atom. The van der Waals surface area contributed by atoms with Crippen LogP contribution in [-0.2, 0) is 16.4 Å². The molecule has 0 saturated heterocycles. The highest BCUT2D eigenvalue weighted by molar-refractivity contribution is 7.94. The first kappa shape index (κ1) is 13.6. The van der Waals surface area contributed by atoms with Crippen LogP contribution in [0.3, 0.4) is 0 Å². The van der Waals surface area contributed by atoms with Gasteiger partial charge in [0.1, 0.15) is 4.21 Å². The molecule has 0 amide bonds. The van der Waals surface area contributed by atoms with Crippen molar-refractivity contribution in [3.05, 3.63) is 47.3 Å². The number of benzene rings is 1. The minimum Gasteiger partial charge on any atom is -0.269 e. The molecule has 0 bridgehead atoms. The van der Waals surface area contributed by atoms with Crippen molar-refractivity contribution < 1.29 is 8.42 Å². The maximum absolute atomic E-state index is 12.3. The fourth-order valence-corrected chi connectivity index (χ4v) is 3.96. The molecule has 0 fully saturated rings. The molecule has 0 atom stereocenters. The summed E-state index contributed by atoms with van der Waals surface area (Å²) in [5.41, 5.74) is 1.45. The first-order valence-corrected chi connectivity index (χ1v) is 7.86. The molecule has 0 spiro atoms. The van der Waals surface area contributed by atoms with Gasteiger partial charge in [-0.2, -0.15) is 5.26 Å². The Balaban J connectivity index is 2.30. The molecule has 0 saturated carbocycles. The van der Waals surface area contributed by atoms with Gasteiger partial charge in [-0.1, -0.05) is 18.2 Å². The topological polar surface area (TPSA) is 61.2 Å². The van der Waals surface area contributed by atoms with Crippen molar-refractivity contribution in [2.24, 2.45) is 0 Å². The van der Waals surface area contributed by atoms with Crippen LogP contribution in [0, 0.1) is 11.3 Å². The second-order valence-corrected chi connectivity index (χ2v) is 7.05. The number of sulfonamides is 1. The first-order valence-electron chi connectivity index (χ1n) is 5.54. The lowest BCUT2D eigenvalue weighted by atomic mass is 10.1. The molecule has 1 aromatic heterocycles. The van der Waals surface area contributed by atoms with Gasteiger partial charge in [-0.15, -0.1) is 11.3 Å². The van der Waals surface area contributed by atoms with Gasteiger partial charge in [0.15, 0.2) is 0 Å². The molecule has 1 aromatic carbocycles. The Hall–Kier alpha value is -1.84. The van der Waals surface area contributed by atoms with Crippen molar-refractivity contribution in [2.45, 2.75) is 10.6 Å². The van der Waals surface area contributed by atoms with Crippen molar-refractivity contribution >= 4 is 27.0 Å². The van der Waals surface area contributed by atoms with E-state index in [0.29, 0.717) is 16.3 Å². The van der Waals surface area contributed by atoms with Crippen LogP contribution in [0.2, 0.25) is 0 Å². The van der Waals surface area contributed by atoms with Gasteiger partial charge in [-0.3, -0.25) is 4.31 Å². The average molecular weight is 292 g/mol. The molecule has 0 unspecified atom stereocenters. The molecule has 1 heterocycles. The minimum atomic E-state index is -3.49. The summed E-state index contributed by atoms with van der Waals surface area (Å²) in [6, 6.07) is 12.3. The molecular formula is C13H12N2O2S2. The lowest BCUT2D eigenvalue weighted by molar-refractivity contribution is 0.596. The quantitative estimate of drug-likeness (QED) is 0.870. The predicted octanol–water partition coefficient (Wildman–Crippen LogP) is 2.64. The van der Waals surface area contributed by atoms with E-state index >= 15 is 0 Å². The summed E-state index contributed by atoms with van der Waals surface area (Å²) in [4.78, 5) is 0. The Kier molecular flexibility index (Phi) is 3.88. The normalized spacial score (nSPS) is 10.9. The molecule has 19 heavy (non-hydrogen) atoms. The smallest absolute Gasteiger partial charge is 0.269 e. The van der Waals surface area contributed by atoms with E-state index in [2.05, 4.69) is 6.07 Å². The second kappa shape index (κ2) is 5.43. The number of thiophene rings is 1. The van der Waals surface area contributed by atoms with Gasteiger partial charge in [-0.25, -0.2) is 8.42 Å². The van der Waals surface area contributed by atoms with E-state index in [4.69, 9.17) is 5.26 Å². The molecular weight excluding hydrogens is 280 g/mol. The van der Waals surface area contributed by atoms with Crippen LogP contribution in [0.25, 0.3) is 0 Å². The van der Waals surface area contributed by atoms with Gasteiger partial charge in [0, 0.05) is 7.05 Å². The molecule has 0 aliphatic heterocycles. The summed E-state index contributed by atoms with van der Waals surface area (Å²) in [6.45, 7) is 0. The van der Waals surface area contributed by atoms with E-state index in [-0.39, 0.29) is 0 Å². The number of hydrogen-bond acceptors (Lipinski definition) is 4. The van der Waals surface area contributed by atoms with Gasteiger partial charge in [0.25, 0.3) is 10.0 Å². The minimum absolute atomic E-state index is 0.316. The summed E-state index contributed by atoms with van der Waals surface area (Å²) in [7, 11) is -1.96. The summed E-state index contributed by atoms with van der Waals surface area (Å²) in [6.07, 6.45) is 0.321. The van der Waals surface area contributed by atoms with Gasteiger partial charge < -0.3 is 0 Å². The van der Waals surface area contributed by atoms with Crippen LogP contribution >= 0.6 is 11.3 Å². The van der Waals surface area contributed by atoms with E-state index in [9.17, 15) is 8.42 Å². The van der Waals surface area contributed by atoms with Crippen LogP contribution < -0.4 is 4.31 Å². The van der Waals surface area contributed by atoms with E-state index in [1.165, 1.54) is 22.7 Å². The van der Waals surface area contributed by atoms with Crippen molar-refractivity contribution in [2.75, 3.05) is 11.4 Å². The maximum Gasteiger partial charge on any atom is 0.273 e. The average Bonchev–Trinajstić information content (AvgIpc) is 2.94. The fraction of sp³-hybridized carbons (Fsp3) is 0.154. The zero-order valence-corrected chi connectivity index (χ0v) is 11.9. The molecule has 2 aromatic rings. The molecule has 0 N–H and O–H groups in total. The summed E-state index contributed by atoms with van der Waals surface area (Å²) < 4.78 is 26.1. The van der Waals surface area contributed by atoms with E-state index in [1.807, 2.05) is 0 Å². The lowest BCUT2D eigenvalue weighted by Crippen LogP contribution is -2.25. The lowest BCUT2D eigenvalue weighted by Gasteiger charge is -2.18. The van der Waals surface area contributed by atoms with Gasteiger partial charge >= 0.3 is 0 Å². The van der Waals surface area contributed by atoms with Crippen molar-refractivity contribution in [3.8, 4) is 6.07 Å². The Bertz CT molecular complexity index is 683. The zero-order valence-electron chi connectivity index (χ0n) is 10.3. The van der Waals surface area contributed by atoms with Gasteiger partial charge in [0.2, 0.25) is 0 Å². The molecule has 0 radical (unpaired) electrons. The summed E-state index contributed by atoms with van der Waals surface area (Å²) in [5, 5.41) is 10.3. The monoisotopic (exact) mass is 292 g/mol. The third kappa shape index (κ3) is 2.78. The molecule has 98 valence electrons. The number of anilines is 1. The van der Waals surface area contributed by atoms with Crippen molar-refractivity contribution in [1.29, 1.82) is 5.26 Å². The predicted molar refractivity (Wildman–Crippen MR) is 75.7 cm³/mol. The standard InChI is InChI=1S/C13H12N2O2S2/c1-15(19(16,17)13-3-2-10-18-13)12-6-4-11(5-7-12)8-9-14/h2-7,10H,8H2,1H3. The number of rotatable bonds is 4. The number of nitriles is 1. The number of hydrogen-bond donors (Lipinski definition) is 0. The molecule has 0 aliphatic rings. The van der Waals surface area contributed by atoms with Crippen LogP contribution in [-0.4, -0.2) is 15.5 Å². The highest BCUT2D eigenvalue weighted by Crippen LogP contribution is 2.25. The maximum atomic E-state index is 12.3. The summed E-state index contributed by atoms with van der Waals surface area (Å²) in [5.74, 6) is 0. The van der Waals surface area contributed by atoms with E-state index < -0.39 is 10.0 Å². The third-order valence-corrected chi connectivity index (χ3v) is 5.85. The summed E-state index contributed by atoms with van der Waals surface area (Å²) >= 11 is 1.19. The third-order valence-electron chi connectivity index (χ3n) is 2.69. The molecule has 6 heteroatoms. The highest BCUT2D eigenvalue weighted by atomic mass is 32.2.